The lowest BCUT2D eigenvalue weighted by Gasteiger charge is -2.25. The lowest BCUT2D eigenvalue weighted by Crippen LogP contribution is -2.42. The van der Waals surface area contributed by atoms with E-state index in [4.69, 9.17) is 16.3 Å². The largest absolute Gasteiger partial charge is 0.478 e. The first-order valence-corrected chi connectivity index (χ1v) is 10.1. The van der Waals surface area contributed by atoms with Crippen LogP contribution in [0.4, 0.5) is 10.2 Å². The number of pyridine rings is 1. The smallest absolute Gasteiger partial charge is 0.269 e. The molecule has 4 aromatic rings. The van der Waals surface area contributed by atoms with Gasteiger partial charge in [-0.15, -0.1) is 0 Å². The molecule has 0 aliphatic heterocycles. The molecule has 7 heteroatoms. The molecule has 158 valence electrons. The Balaban J connectivity index is 1.70. The quantitative estimate of drug-likeness (QED) is 0.423. The number of halogens is 2. The maximum absolute atomic E-state index is 13.4. The predicted octanol–water partition coefficient (Wildman–Crippen LogP) is 5.90. The number of hydrogen-bond acceptors (Lipinski definition) is 3. The highest BCUT2D eigenvalue weighted by Crippen LogP contribution is 2.30. The second-order valence-electron chi connectivity index (χ2n) is 7.77. The highest BCUT2D eigenvalue weighted by atomic mass is 35.5. The van der Waals surface area contributed by atoms with E-state index in [0.717, 1.165) is 5.56 Å². The lowest BCUT2D eigenvalue weighted by molar-refractivity contribution is -0.128. The molecule has 4 rings (SSSR count). The van der Waals surface area contributed by atoms with Crippen molar-refractivity contribution in [1.29, 1.82) is 0 Å². The molecule has 5 nitrogen and oxygen atoms in total. The van der Waals surface area contributed by atoms with E-state index in [1.807, 2.05) is 25.3 Å². The van der Waals surface area contributed by atoms with Gasteiger partial charge in [0.25, 0.3) is 5.91 Å². The fourth-order valence-corrected chi connectivity index (χ4v) is 3.30. The summed E-state index contributed by atoms with van der Waals surface area (Å²) in [4.78, 5) is 17.9. The van der Waals surface area contributed by atoms with Gasteiger partial charge >= 0.3 is 0 Å². The number of imidazole rings is 1. The van der Waals surface area contributed by atoms with Crippen LogP contribution in [0.25, 0.3) is 16.9 Å². The molecule has 2 aromatic carbocycles. The van der Waals surface area contributed by atoms with Crippen molar-refractivity contribution >= 4 is 29.0 Å². The predicted molar refractivity (Wildman–Crippen MR) is 120 cm³/mol. The van der Waals surface area contributed by atoms with Crippen LogP contribution in [0.3, 0.4) is 0 Å². The summed E-state index contributed by atoms with van der Waals surface area (Å²) in [5.74, 6) is 0.316. The first-order chi connectivity index (χ1) is 14.7. The van der Waals surface area contributed by atoms with Crippen LogP contribution in [-0.2, 0) is 4.79 Å². The number of amides is 1. The van der Waals surface area contributed by atoms with E-state index in [1.165, 1.54) is 12.1 Å². The summed E-state index contributed by atoms with van der Waals surface area (Å²) in [6, 6.07) is 16.6. The minimum Gasteiger partial charge on any atom is -0.478 e. The molecule has 0 atom stereocenters. The van der Waals surface area contributed by atoms with Crippen molar-refractivity contribution in [2.45, 2.75) is 26.4 Å². The highest BCUT2D eigenvalue weighted by molar-refractivity contribution is 6.30. The zero-order chi connectivity index (χ0) is 22.2. The van der Waals surface area contributed by atoms with Crippen LogP contribution in [0, 0.1) is 12.7 Å². The number of hydrogen-bond donors (Lipinski definition) is 1. The average Bonchev–Trinajstić information content (AvgIpc) is 3.07. The molecule has 0 fully saturated rings. The van der Waals surface area contributed by atoms with Crippen molar-refractivity contribution in [3.63, 3.8) is 0 Å². The molecule has 0 bridgehead atoms. The second-order valence-corrected chi connectivity index (χ2v) is 8.21. The third kappa shape index (κ3) is 4.39. The maximum atomic E-state index is 13.4. The Labute approximate surface area is 184 Å². The zero-order valence-electron chi connectivity index (χ0n) is 17.3. The zero-order valence-corrected chi connectivity index (χ0v) is 18.1. The van der Waals surface area contributed by atoms with E-state index in [1.54, 1.807) is 54.6 Å². The second kappa shape index (κ2) is 8.04. The minimum absolute atomic E-state index is 0.341. The molecule has 0 unspecified atom stereocenters. The van der Waals surface area contributed by atoms with Gasteiger partial charge in [0.2, 0.25) is 0 Å². The molecular weight excluding hydrogens is 417 g/mol. The molecule has 0 aliphatic rings. The van der Waals surface area contributed by atoms with Gasteiger partial charge in [0.15, 0.2) is 5.60 Å². The number of nitrogens with one attached hydrogen (secondary N) is 1. The van der Waals surface area contributed by atoms with Gasteiger partial charge in [-0.25, -0.2) is 9.37 Å². The van der Waals surface area contributed by atoms with E-state index in [0.29, 0.717) is 33.5 Å². The molecule has 1 amide bonds. The molecule has 2 heterocycles. The molecule has 0 aliphatic carbocycles. The van der Waals surface area contributed by atoms with Gasteiger partial charge in [-0.1, -0.05) is 11.6 Å². The summed E-state index contributed by atoms with van der Waals surface area (Å²) >= 11 is 5.92. The van der Waals surface area contributed by atoms with Crippen molar-refractivity contribution in [2.75, 3.05) is 5.32 Å². The fourth-order valence-electron chi connectivity index (χ4n) is 3.18. The van der Waals surface area contributed by atoms with Gasteiger partial charge in [0.05, 0.1) is 0 Å². The van der Waals surface area contributed by atoms with E-state index in [9.17, 15) is 9.18 Å². The number of aryl methyl sites for hydroxylation is 1. The molecule has 0 radical (unpaired) electrons. The summed E-state index contributed by atoms with van der Waals surface area (Å²) < 4.78 is 21.1. The van der Waals surface area contributed by atoms with Crippen LogP contribution in [0.5, 0.6) is 5.75 Å². The average molecular weight is 438 g/mol. The van der Waals surface area contributed by atoms with Gasteiger partial charge in [-0.2, -0.15) is 0 Å². The Hall–Kier alpha value is -3.38. The molecule has 31 heavy (non-hydrogen) atoms. The van der Waals surface area contributed by atoms with Crippen molar-refractivity contribution < 1.29 is 13.9 Å². The number of aromatic nitrogens is 2. The number of nitrogens with zero attached hydrogens (tertiary/aromatic N) is 2. The first-order valence-electron chi connectivity index (χ1n) is 9.74. The van der Waals surface area contributed by atoms with Crippen molar-refractivity contribution in [2.24, 2.45) is 0 Å². The third-order valence-electron chi connectivity index (χ3n) is 4.86. The van der Waals surface area contributed by atoms with Gasteiger partial charge in [0, 0.05) is 16.8 Å². The normalized spacial score (nSPS) is 11.5. The van der Waals surface area contributed by atoms with Gasteiger partial charge in [0.1, 0.15) is 28.7 Å². The molecular formula is C24H21ClFN3O2. The fraction of sp³-hybridized carbons (Fsp3) is 0.167. The van der Waals surface area contributed by atoms with Gasteiger partial charge in [-0.3, -0.25) is 9.20 Å². The Morgan fingerprint density at radius 1 is 1.10 bits per heavy atom. The van der Waals surface area contributed by atoms with Gasteiger partial charge in [-0.05, 0) is 87.0 Å². The number of fused-ring (bicyclic) bond motifs is 1. The monoisotopic (exact) mass is 437 g/mol. The number of rotatable bonds is 5. The van der Waals surface area contributed by atoms with E-state index in [-0.39, 0.29) is 11.7 Å². The number of carbonyl (C=O) groups excluding carboxylic acids is 1. The Kier molecular flexibility index (Phi) is 5.41. The van der Waals surface area contributed by atoms with Crippen LogP contribution >= 0.6 is 11.6 Å². The summed E-state index contributed by atoms with van der Waals surface area (Å²) in [5.41, 5.74) is 1.76. The summed E-state index contributed by atoms with van der Waals surface area (Å²) in [6.45, 7) is 5.33. The minimum atomic E-state index is -1.18. The highest BCUT2D eigenvalue weighted by Gasteiger charge is 2.32. The summed E-state index contributed by atoms with van der Waals surface area (Å²) in [5, 5.41) is 3.54. The number of benzene rings is 2. The Morgan fingerprint density at radius 3 is 2.45 bits per heavy atom. The summed E-state index contributed by atoms with van der Waals surface area (Å²) in [7, 11) is 0. The van der Waals surface area contributed by atoms with Crippen molar-refractivity contribution in [1.82, 2.24) is 9.38 Å². The SMILES string of the molecule is Cc1ccn2c(NC(=O)C(C)(C)Oc3ccc(Cl)cc3)c(-c3ccc(F)cc3)nc2c1. The van der Waals surface area contributed by atoms with Crippen LogP contribution < -0.4 is 10.1 Å². The summed E-state index contributed by atoms with van der Waals surface area (Å²) in [6.07, 6.45) is 1.84. The van der Waals surface area contributed by atoms with Crippen LogP contribution in [0.15, 0.2) is 66.9 Å². The molecule has 2 aromatic heterocycles. The molecule has 0 spiro atoms. The third-order valence-corrected chi connectivity index (χ3v) is 5.12. The molecule has 0 saturated heterocycles. The maximum Gasteiger partial charge on any atom is 0.269 e. The van der Waals surface area contributed by atoms with Crippen molar-refractivity contribution in [3.05, 3.63) is 83.3 Å². The van der Waals surface area contributed by atoms with E-state index < -0.39 is 5.60 Å². The number of carbonyl (C=O) groups is 1. The van der Waals surface area contributed by atoms with E-state index in [2.05, 4.69) is 10.3 Å². The first kappa shape index (κ1) is 20.9. The van der Waals surface area contributed by atoms with Crippen LogP contribution in [-0.4, -0.2) is 20.9 Å². The standard InChI is InChI=1S/C24H21ClFN3O2/c1-15-12-13-29-20(14-15)27-21(16-4-8-18(26)9-5-16)22(29)28-23(30)24(2,3)31-19-10-6-17(25)7-11-19/h4-14H,1-3H3,(H,28,30). The van der Waals surface area contributed by atoms with Crippen LogP contribution in [0.1, 0.15) is 19.4 Å². The number of ether oxygens (including phenoxy) is 1. The molecule has 0 saturated carbocycles. The van der Waals surface area contributed by atoms with Crippen molar-refractivity contribution in [3.8, 4) is 17.0 Å². The van der Waals surface area contributed by atoms with E-state index >= 15 is 0 Å². The number of anilines is 1. The Morgan fingerprint density at radius 2 is 1.77 bits per heavy atom. The molecule has 1 N–H and O–H groups in total. The topological polar surface area (TPSA) is 55.6 Å². The van der Waals surface area contributed by atoms with Gasteiger partial charge < -0.3 is 10.1 Å². The lowest BCUT2D eigenvalue weighted by atomic mass is 10.1. The Bertz CT molecular complexity index is 1250. The van der Waals surface area contributed by atoms with Crippen LogP contribution in [0.2, 0.25) is 5.02 Å².